The third-order valence-electron chi connectivity index (χ3n) is 12.5. The molecule has 0 bridgehead atoms. The second kappa shape index (κ2) is 15.8. The molecule has 2 nitrogen and oxygen atoms in total. The lowest BCUT2D eigenvalue weighted by Crippen LogP contribution is -2.10. The Morgan fingerprint density at radius 1 is 0.328 bits per heavy atom. The molecule has 64 heavy (non-hydrogen) atoms. The highest BCUT2D eigenvalue weighted by Crippen LogP contribution is 2.43. The molecule has 0 aliphatic rings. The molecule has 0 saturated heterocycles. The molecule has 0 amide bonds. The lowest BCUT2D eigenvalue weighted by Gasteiger charge is -2.28. The van der Waals surface area contributed by atoms with Gasteiger partial charge in [-0.25, -0.2) is 0 Å². The van der Waals surface area contributed by atoms with Gasteiger partial charge in [-0.1, -0.05) is 194 Å². The van der Waals surface area contributed by atoms with Crippen LogP contribution in [0.4, 0.5) is 17.1 Å². The molecule has 2 heteroatoms. The van der Waals surface area contributed by atoms with Gasteiger partial charge in [0.25, 0.3) is 0 Å². The molecule has 0 fully saturated rings. The number of rotatable bonds is 8. The minimum atomic E-state index is -0.405. The van der Waals surface area contributed by atoms with Crippen LogP contribution in [0, 0.1) is 0 Å². The predicted molar refractivity (Wildman–Crippen MR) is 272 cm³/mol. The number of hydrogen-bond donors (Lipinski definition) is 0. The fourth-order valence-corrected chi connectivity index (χ4v) is 9.35. The van der Waals surface area contributed by atoms with Crippen molar-refractivity contribution in [1.82, 2.24) is 4.57 Å². The standard InChI is InChI=1S/C62H42N2/c1-3-13-43(14-4-1)46-27-33-52(34-28-46)63(53-35-29-47(30-36-53)44-15-5-2-6-16-44)61-40-38-55(56-19-9-10-20-57(56)61)49-25-23-48(24-26-49)51-32-39-62-59(42-51)58-21-11-12-22-60(58)64(62)54-37-31-45-17-7-8-18-50(45)41-54/h1-42H/i1D,3D,4D,13D,14D. The smallest absolute Gasteiger partial charge is 0.0629 e. The van der Waals surface area contributed by atoms with Gasteiger partial charge in [0.1, 0.15) is 0 Å². The van der Waals surface area contributed by atoms with Gasteiger partial charge in [0.05, 0.1) is 23.6 Å². The Hall–Kier alpha value is -8.46. The van der Waals surface area contributed by atoms with E-state index in [9.17, 15) is 0 Å². The molecule has 0 N–H and O–H groups in total. The molecule has 0 aliphatic heterocycles. The lowest BCUT2D eigenvalue weighted by molar-refractivity contribution is 1.19. The van der Waals surface area contributed by atoms with Crippen molar-refractivity contribution in [3.8, 4) is 50.2 Å². The second-order valence-corrected chi connectivity index (χ2v) is 16.2. The van der Waals surface area contributed by atoms with E-state index in [0.717, 1.165) is 66.9 Å². The average molecular weight is 820 g/mol. The van der Waals surface area contributed by atoms with Crippen LogP contribution >= 0.6 is 0 Å². The largest absolute Gasteiger partial charge is 0.310 e. The van der Waals surface area contributed by atoms with Crippen LogP contribution in [0.5, 0.6) is 0 Å². The number of anilines is 3. The van der Waals surface area contributed by atoms with Crippen molar-refractivity contribution in [3.63, 3.8) is 0 Å². The first-order valence-electron chi connectivity index (χ1n) is 24.1. The van der Waals surface area contributed by atoms with Gasteiger partial charge >= 0.3 is 0 Å². The van der Waals surface area contributed by atoms with E-state index in [1.165, 1.54) is 32.6 Å². The highest BCUT2D eigenvalue weighted by Gasteiger charge is 2.19. The highest BCUT2D eigenvalue weighted by molar-refractivity contribution is 6.11. The van der Waals surface area contributed by atoms with Crippen LogP contribution in [-0.2, 0) is 0 Å². The Balaban J connectivity index is 0.925. The molecule has 0 unspecified atom stereocenters. The van der Waals surface area contributed by atoms with E-state index in [2.05, 4.69) is 191 Å². The molecule has 0 saturated carbocycles. The molecule has 0 atom stereocenters. The zero-order chi connectivity index (χ0) is 46.8. The maximum Gasteiger partial charge on any atom is 0.0629 e. The summed E-state index contributed by atoms with van der Waals surface area (Å²) >= 11 is 0. The van der Waals surface area contributed by atoms with Crippen molar-refractivity contribution in [1.29, 1.82) is 0 Å². The summed E-state index contributed by atoms with van der Waals surface area (Å²) in [5, 5.41) is 7.04. The molecule has 12 aromatic rings. The van der Waals surface area contributed by atoms with Gasteiger partial charge < -0.3 is 9.47 Å². The number of para-hydroxylation sites is 1. The number of hydrogen-bond acceptors (Lipinski definition) is 1. The molecule has 0 radical (unpaired) electrons. The highest BCUT2D eigenvalue weighted by atomic mass is 15.1. The number of aromatic nitrogens is 1. The zero-order valence-electron chi connectivity index (χ0n) is 39.8. The Kier molecular flexibility index (Phi) is 7.96. The lowest BCUT2D eigenvalue weighted by atomic mass is 9.94. The number of nitrogens with zero attached hydrogens (tertiary/aromatic N) is 2. The van der Waals surface area contributed by atoms with E-state index in [0.29, 0.717) is 5.56 Å². The van der Waals surface area contributed by atoms with Crippen LogP contribution in [-0.4, -0.2) is 4.57 Å². The van der Waals surface area contributed by atoms with Crippen molar-refractivity contribution in [3.05, 3.63) is 255 Å². The maximum atomic E-state index is 8.63. The Morgan fingerprint density at radius 3 is 1.62 bits per heavy atom. The molecule has 12 rings (SSSR count). The Bertz CT molecular complexity index is 3910. The zero-order valence-corrected chi connectivity index (χ0v) is 34.8. The third-order valence-corrected chi connectivity index (χ3v) is 12.5. The van der Waals surface area contributed by atoms with Crippen LogP contribution in [0.15, 0.2) is 255 Å². The molecule has 0 spiro atoms. The van der Waals surface area contributed by atoms with Crippen LogP contribution in [0.3, 0.4) is 0 Å². The minimum absolute atomic E-state index is 0.178. The van der Waals surface area contributed by atoms with Gasteiger partial charge in [-0.2, -0.15) is 0 Å². The van der Waals surface area contributed by atoms with Crippen LogP contribution in [0.25, 0.3) is 93.5 Å². The Labute approximate surface area is 380 Å². The molecule has 0 aliphatic carbocycles. The van der Waals surface area contributed by atoms with Crippen LogP contribution in [0.1, 0.15) is 6.85 Å². The van der Waals surface area contributed by atoms with Gasteiger partial charge in [-0.3, -0.25) is 0 Å². The maximum absolute atomic E-state index is 8.63. The van der Waals surface area contributed by atoms with Gasteiger partial charge in [0, 0.05) is 33.2 Å². The topological polar surface area (TPSA) is 8.17 Å². The summed E-state index contributed by atoms with van der Waals surface area (Å²) in [6.07, 6.45) is 0. The molecular weight excluding hydrogens is 773 g/mol. The molecular formula is C62H42N2. The average Bonchev–Trinajstić information content (AvgIpc) is 3.74. The first-order chi connectivity index (χ1) is 33.8. The number of benzene rings is 11. The van der Waals surface area contributed by atoms with Crippen LogP contribution < -0.4 is 4.90 Å². The fraction of sp³-hybridized carbons (Fsp3) is 0. The quantitative estimate of drug-likeness (QED) is 0.148. The molecule has 1 aromatic heterocycles. The third kappa shape index (κ3) is 6.61. The molecule has 300 valence electrons. The van der Waals surface area contributed by atoms with E-state index < -0.39 is 6.04 Å². The van der Waals surface area contributed by atoms with Gasteiger partial charge in [0.2, 0.25) is 0 Å². The van der Waals surface area contributed by atoms with Crippen molar-refractivity contribution in [2.24, 2.45) is 0 Å². The predicted octanol–water partition coefficient (Wildman–Crippen LogP) is 17.2. The first-order valence-corrected chi connectivity index (χ1v) is 21.6. The fourth-order valence-electron chi connectivity index (χ4n) is 9.35. The van der Waals surface area contributed by atoms with E-state index in [1.807, 2.05) is 42.5 Å². The van der Waals surface area contributed by atoms with Crippen LogP contribution in [0.2, 0.25) is 0 Å². The monoisotopic (exact) mass is 819 g/mol. The van der Waals surface area contributed by atoms with Crippen molar-refractivity contribution in [2.75, 3.05) is 4.90 Å². The van der Waals surface area contributed by atoms with Crippen molar-refractivity contribution >= 4 is 60.4 Å². The van der Waals surface area contributed by atoms with E-state index in [-0.39, 0.29) is 29.7 Å². The molecule has 1 heterocycles. The normalized spacial score (nSPS) is 12.5. The van der Waals surface area contributed by atoms with Gasteiger partial charge in [-0.05, 0) is 121 Å². The van der Waals surface area contributed by atoms with E-state index >= 15 is 0 Å². The van der Waals surface area contributed by atoms with E-state index in [1.54, 1.807) is 0 Å². The van der Waals surface area contributed by atoms with Crippen molar-refractivity contribution in [2.45, 2.75) is 0 Å². The first kappa shape index (κ1) is 32.3. The summed E-state index contributed by atoms with van der Waals surface area (Å²) in [6, 6.07) is 77.3. The Morgan fingerprint density at radius 2 is 0.875 bits per heavy atom. The summed E-state index contributed by atoms with van der Waals surface area (Å²) < 4.78 is 44.3. The summed E-state index contributed by atoms with van der Waals surface area (Å²) in [6.45, 7) is 0. The number of fused-ring (bicyclic) bond motifs is 5. The summed E-state index contributed by atoms with van der Waals surface area (Å²) in [5.74, 6) is 0. The van der Waals surface area contributed by atoms with Gasteiger partial charge in [-0.15, -0.1) is 0 Å². The summed E-state index contributed by atoms with van der Waals surface area (Å²) in [7, 11) is 0. The summed E-state index contributed by atoms with van der Waals surface area (Å²) in [4.78, 5) is 2.23. The molecule has 11 aromatic carbocycles. The van der Waals surface area contributed by atoms with E-state index in [4.69, 9.17) is 6.85 Å². The minimum Gasteiger partial charge on any atom is -0.310 e. The van der Waals surface area contributed by atoms with Gasteiger partial charge in [0.15, 0.2) is 0 Å². The SMILES string of the molecule is [2H]c1c([2H])c([2H])c(-c2ccc(N(c3ccc(-c4ccccc4)cc3)c3ccc(-c4ccc(-c5ccc6c(c5)c5ccccc5n6-c5ccc6ccccc6c5)cc4)c4ccccc34)cc2)c([2H])c1[2H]. The summed E-state index contributed by atoms with van der Waals surface area (Å²) in [5.41, 5.74) is 13.8. The van der Waals surface area contributed by atoms with Crippen molar-refractivity contribution < 1.29 is 6.85 Å². The second-order valence-electron chi connectivity index (χ2n) is 16.2.